The monoisotopic (exact) mass is 347 g/mol. The van der Waals surface area contributed by atoms with Crippen LogP contribution in [0.1, 0.15) is 35.7 Å². The molecule has 4 rings (SSSR count). The molecule has 0 bridgehead atoms. The molecule has 2 aromatic carbocycles. The topological polar surface area (TPSA) is 59.3 Å². The lowest BCUT2D eigenvalue weighted by Crippen LogP contribution is -2.45. The van der Waals surface area contributed by atoms with Gasteiger partial charge in [0.2, 0.25) is 0 Å². The van der Waals surface area contributed by atoms with Gasteiger partial charge < -0.3 is 9.73 Å². The van der Waals surface area contributed by atoms with Gasteiger partial charge in [0.05, 0.1) is 10.9 Å². The zero-order valence-electron chi connectivity index (χ0n) is 14.9. The normalized spacial score (nSPS) is 19.2. The number of carbonyl (C=O) groups is 1. The van der Waals surface area contributed by atoms with Crippen LogP contribution < -0.4 is 10.7 Å². The van der Waals surface area contributed by atoms with E-state index >= 15 is 0 Å². The third kappa shape index (κ3) is 2.71. The van der Waals surface area contributed by atoms with Crippen molar-refractivity contribution < 1.29 is 9.21 Å². The lowest BCUT2D eigenvalue weighted by Gasteiger charge is -2.34. The first-order valence-corrected chi connectivity index (χ1v) is 8.99. The van der Waals surface area contributed by atoms with E-state index in [0.717, 1.165) is 18.4 Å². The summed E-state index contributed by atoms with van der Waals surface area (Å²) in [6.45, 7) is 3.89. The smallest absolute Gasteiger partial charge is 0.255 e. The summed E-state index contributed by atoms with van der Waals surface area (Å²) in [5.74, 6) is 0.821. The van der Waals surface area contributed by atoms with E-state index in [4.69, 9.17) is 4.42 Å². The summed E-state index contributed by atoms with van der Waals surface area (Å²) in [5.41, 5.74) is 2.04. The highest BCUT2D eigenvalue weighted by molar-refractivity contribution is 6.05. The average Bonchev–Trinajstić information content (AvgIpc) is 2.67. The Balaban J connectivity index is 1.86. The lowest BCUT2D eigenvalue weighted by molar-refractivity contribution is 0.0885. The minimum atomic E-state index is -0.182. The molecule has 1 saturated carbocycles. The average molecular weight is 347 g/mol. The zero-order chi connectivity index (χ0) is 18.3. The van der Waals surface area contributed by atoms with Gasteiger partial charge in [0.15, 0.2) is 11.0 Å². The Hall–Kier alpha value is -2.88. The van der Waals surface area contributed by atoms with Gasteiger partial charge in [-0.1, -0.05) is 43.3 Å². The van der Waals surface area contributed by atoms with Gasteiger partial charge in [-0.05, 0) is 37.8 Å². The van der Waals surface area contributed by atoms with Crippen molar-refractivity contribution in [1.82, 2.24) is 5.32 Å². The predicted octanol–water partition coefficient (Wildman–Crippen LogP) is 4.30. The number of para-hydroxylation sites is 1. The number of amides is 1. The standard InChI is InChI=1S/C22H21NO3/c1-13-11-12-18(13)23-22(25)17-10-6-9-16-19(24)14(2)20(26-21(16)17)15-7-4-3-5-8-15/h3-10,13,18H,11-12H2,1-2H3,(H,23,25). The molecule has 1 N–H and O–H groups in total. The van der Waals surface area contributed by atoms with Gasteiger partial charge >= 0.3 is 0 Å². The van der Waals surface area contributed by atoms with E-state index in [0.29, 0.717) is 33.8 Å². The number of hydrogen-bond acceptors (Lipinski definition) is 3. The van der Waals surface area contributed by atoms with Gasteiger partial charge in [0.1, 0.15) is 5.76 Å². The third-order valence-electron chi connectivity index (χ3n) is 5.36. The predicted molar refractivity (Wildman–Crippen MR) is 102 cm³/mol. The van der Waals surface area contributed by atoms with Gasteiger partial charge in [0.25, 0.3) is 5.91 Å². The summed E-state index contributed by atoms with van der Waals surface area (Å²) in [4.78, 5) is 25.6. The number of rotatable bonds is 3. The van der Waals surface area contributed by atoms with Crippen LogP contribution in [0.25, 0.3) is 22.3 Å². The summed E-state index contributed by atoms with van der Waals surface area (Å²) in [7, 11) is 0. The molecule has 132 valence electrons. The van der Waals surface area contributed by atoms with Gasteiger partial charge in [-0.2, -0.15) is 0 Å². The molecular weight excluding hydrogens is 326 g/mol. The summed E-state index contributed by atoms with van der Waals surface area (Å²) in [6.07, 6.45) is 2.13. The maximum Gasteiger partial charge on any atom is 0.255 e. The van der Waals surface area contributed by atoms with Crippen molar-refractivity contribution in [2.45, 2.75) is 32.7 Å². The number of carbonyl (C=O) groups excluding carboxylic acids is 1. The van der Waals surface area contributed by atoms with Crippen molar-refractivity contribution in [2.24, 2.45) is 5.92 Å². The van der Waals surface area contributed by atoms with Gasteiger partial charge in [0, 0.05) is 17.2 Å². The van der Waals surface area contributed by atoms with Crippen LogP contribution in [0.15, 0.2) is 57.7 Å². The van der Waals surface area contributed by atoms with E-state index in [1.807, 2.05) is 30.3 Å². The number of benzene rings is 2. The Morgan fingerprint density at radius 1 is 1.08 bits per heavy atom. The maximum absolute atomic E-state index is 12.8. The van der Waals surface area contributed by atoms with E-state index in [2.05, 4.69) is 12.2 Å². The van der Waals surface area contributed by atoms with Crippen molar-refractivity contribution in [3.63, 3.8) is 0 Å². The van der Waals surface area contributed by atoms with Crippen LogP contribution in [0.2, 0.25) is 0 Å². The van der Waals surface area contributed by atoms with E-state index in [1.54, 1.807) is 25.1 Å². The first-order valence-electron chi connectivity index (χ1n) is 8.99. The molecule has 0 radical (unpaired) electrons. The fraction of sp³-hybridized carbons (Fsp3) is 0.273. The minimum Gasteiger partial charge on any atom is -0.455 e. The molecule has 4 heteroatoms. The Kier molecular flexibility index (Phi) is 4.11. The van der Waals surface area contributed by atoms with E-state index in [-0.39, 0.29) is 17.4 Å². The molecule has 1 amide bonds. The van der Waals surface area contributed by atoms with E-state index in [9.17, 15) is 9.59 Å². The number of hydrogen-bond donors (Lipinski definition) is 1. The fourth-order valence-electron chi connectivity index (χ4n) is 3.48. The summed E-state index contributed by atoms with van der Waals surface area (Å²) >= 11 is 0. The maximum atomic E-state index is 12.8. The second-order valence-corrected chi connectivity index (χ2v) is 7.07. The van der Waals surface area contributed by atoms with Crippen LogP contribution in [0.5, 0.6) is 0 Å². The van der Waals surface area contributed by atoms with Gasteiger partial charge in [-0.3, -0.25) is 9.59 Å². The van der Waals surface area contributed by atoms with Crippen molar-refractivity contribution in [1.29, 1.82) is 0 Å². The molecular formula is C22H21NO3. The molecule has 2 unspecified atom stereocenters. The first kappa shape index (κ1) is 16.6. The number of nitrogens with one attached hydrogen (secondary N) is 1. The van der Waals surface area contributed by atoms with Crippen LogP contribution in [-0.2, 0) is 0 Å². The molecule has 1 fully saturated rings. The Bertz CT molecular complexity index is 1040. The molecule has 1 heterocycles. The lowest BCUT2D eigenvalue weighted by atomic mass is 9.81. The second-order valence-electron chi connectivity index (χ2n) is 7.07. The quantitative estimate of drug-likeness (QED) is 0.768. The Morgan fingerprint density at radius 3 is 2.50 bits per heavy atom. The molecule has 1 aliphatic carbocycles. The van der Waals surface area contributed by atoms with Gasteiger partial charge in [-0.15, -0.1) is 0 Å². The van der Waals surface area contributed by atoms with Gasteiger partial charge in [-0.25, -0.2) is 0 Å². The summed E-state index contributed by atoms with van der Waals surface area (Å²) in [5, 5.41) is 3.51. The molecule has 1 aromatic heterocycles. The third-order valence-corrected chi connectivity index (χ3v) is 5.36. The molecule has 1 aliphatic rings. The van der Waals surface area contributed by atoms with E-state index in [1.165, 1.54) is 0 Å². The van der Waals surface area contributed by atoms with E-state index < -0.39 is 0 Å². The van der Waals surface area contributed by atoms with Crippen LogP contribution in [0, 0.1) is 12.8 Å². The van der Waals surface area contributed by atoms with Crippen molar-refractivity contribution in [2.75, 3.05) is 0 Å². The summed E-state index contributed by atoms with van der Waals surface area (Å²) in [6, 6.07) is 14.9. The highest BCUT2D eigenvalue weighted by Gasteiger charge is 2.29. The van der Waals surface area contributed by atoms with Crippen molar-refractivity contribution >= 4 is 16.9 Å². The summed E-state index contributed by atoms with van der Waals surface area (Å²) < 4.78 is 6.11. The first-order chi connectivity index (χ1) is 12.6. The van der Waals surface area contributed by atoms with Crippen LogP contribution in [0.3, 0.4) is 0 Å². The second kappa shape index (κ2) is 6.45. The molecule has 3 aromatic rings. The molecule has 0 aliphatic heterocycles. The molecule has 2 atom stereocenters. The van der Waals surface area contributed by atoms with Crippen molar-refractivity contribution in [3.05, 3.63) is 69.9 Å². The number of fused-ring (bicyclic) bond motifs is 1. The molecule has 0 spiro atoms. The highest BCUT2D eigenvalue weighted by atomic mass is 16.3. The Labute approximate surface area is 151 Å². The van der Waals surface area contributed by atoms with Crippen LogP contribution in [0.4, 0.5) is 0 Å². The zero-order valence-corrected chi connectivity index (χ0v) is 14.9. The molecule has 26 heavy (non-hydrogen) atoms. The van der Waals surface area contributed by atoms with Crippen LogP contribution in [-0.4, -0.2) is 11.9 Å². The SMILES string of the molecule is Cc1c(-c2ccccc2)oc2c(C(=O)NC3CCC3C)cccc2c1=O. The fourth-order valence-corrected chi connectivity index (χ4v) is 3.48. The largest absolute Gasteiger partial charge is 0.455 e. The Morgan fingerprint density at radius 2 is 1.85 bits per heavy atom. The minimum absolute atomic E-state index is 0.100. The molecule has 0 saturated heterocycles. The highest BCUT2D eigenvalue weighted by Crippen LogP contribution is 2.29. The molecule has 4 nitrogen and oxygen atoms in total. The van der Waals surface area contributed by atoms with Crippen LogP contribution >= 0.6 is 0 Å². The van der Waals surface area contributed by atoms with Crippen molar-refractivity contribution in [3.8, 4) is 11.3 Å².